The summed E-state index contributed by atoms with van der Waals surface area (Å²) >= 11 is 3.29. The van der Waals surface area contributed by atoms with Gasteiger partial charge in [0.25, 0.3) is 0 Å². The predicted molar refractivity (Wildman–Crippen MR) is 70.6 cm³/mol. The molecule has 2 aromatic rings. The molecule has 0 aliphatic rings. The summed E-state index contributed by atoms with van der Waals surface area (Å²) in [5, 5.41) is 3.98. The van der Waals surface area contributed by atoms with Crippen LogP contribution in [0.25, 0.3) is 0 Å². The zero-order valence-electron chi connectivity index (χ0n) is 9.76. The minimum Gasteiger partial charge on any atom is -0.294 e. The van der Waals surface area contributed by atoms with E-state index in [4.69, 9.17) is 0 Å². The lowest BCUT2D eigenvalue weighted by atomic mass is 10.1. The monoisotopic (exact) mass is 306 g/mol. The van der Waals surface area contributed by atoms with Crippen molar-refractivity contribution in [2.45, 2.75) is 6.42 Å². The number of carbonyl (C=O) groups excluding carboxylic acids is 2. The molecule has 0 spiro atoms. The normalized spacial score (nSPS) is 10.3. The van der Waals surface area contributed by atoms with Gasteiger partial charge in [0.1, 0.15) is 5.69 Å². The lowest BCUT2D eigenvalue weighted by Crippen LogP contribution is -2.09. The molecular weight excluding hydrogens is 296 g/mol. The van der Waals surface area contributed by atoms with Gasteiger partial charge in [-0.05, 0) is 18.2 Å². The molecule has 1 aromatic carbocycles. The summed E-state index contributed by atoms with van der Waals surface area (Å²) in [5.41, 5.74) is 0.842. The molecule has 92 valence electrons. The molecule has 0 atom stereocenters. The number of hydrogen-bond acceptors (Lipinski definition) is 3. The minimum absolute atomic E-state index is 0.159. The Bertz CT molecular complexity index is 605. The molecular formula is C13H11BrN2O2. The van der Waals surface area contributed by atoms with E-state index in [1.54, 1.807) is 37.5 Å². The molecule has 0 saturated heterocycles. The summed E-state index contributed by atoms with van der Waals surface area (Å²) < 4.78 is 2.36. The second-order valence-corrected chi connectivity index (χ2v) is 4.82. The number of aryl methyl sites for hydroxylation is 1. The fraction of sp³-hybridized carbons (Fsp3) is 0.154. The molecule has 0 saturated carbocycles. The number of ketones is 2. The summed E-state index contributed by atoms with van der Waals surface area (Å²) in [6.07, 6.45) is 1.52. The maximum Gasteiger partial charge on any atom is 0.190 e. The summed E-state index contributed by atoms with van der Waals surface area (Å²) in [6, 6.07) is 8.60. The van der Waals surface area contributed by atoms with Crippen LogP contribution in [0.15, 0.2) is 41.0 Å². The first-order valence-electron chi connectivity index (χ1n) is 5.38. The number of hydrogen-bond donors (Lipinski definition) is 0. The van der Waals surface area contributed by atoms with Gasteiger partial charge in [-0.15, -0.1) is 0 Å². The van der Waals surface area contributed by atoms with Crippen LogP contribution in [0, 0.1) is 0 Å². The number of carbonyl (C=O) groups is 2. The Hall–Kier alpha value is -1.75. The zero-order chi connectivity index (χ0) is 13.1. The number of aromatic nitrogens is 2. The predicted octanol–water partition coefficient (Wildman–Crippen LogP) is 2.64. The van der Waals surface area contributed by atoms with Crippen molar-refractivity contribution in [3.8, 4) is 0 Å². The van der Waals surface area contributed by atoms with Crippen molar-refractivity contribution in [1.29, 1.82) is 0 Å². The fourth-order valence-corrected chi connectivity index (χ4v) is 1.96. The van der Waals surface area contributed by atoms with E-state index in [1.807, 2.05) is 6.07 Å². The van der Waals surface area contributed by atoms with Gasteiger partial charge in [0.2, 0.25) is 0 Å². The van der Waals surface area contributed by atoms with Crippen molar-refractivity contribution in [3.63, 3.8) is 0 Å². The number of rotatable bonds is 4. The van der Waals surface area contributed by atoms with Crippen LogP contribution < -0.4 is 0 Å². The van der Waals surface area contributed by atoms with Crippen LogP contribution >= 0.6 is 15.9 Å². The van der Waals surface area contributed by atoms with Crippen molar-refractivity contribution >= 4 is 27.5 Å². The Balaban J connectivity index is 2.10. The van der Waals surface area contributed by atoms with E-state index in [0.29, 0.717) is 11.3 Å². The molecule has 0 bridgehead atoms. The molecule has 1 aromatic heterocycles. The Labute approximate surface area is 113 Å². The second-order valence-electron chi connectivity index (χ2n) is 3.91. The first-order valence-corrected chi connectivity index (χ1v) is 6.17. The van der Waals surface area contributed by atoms with E-state index in [2.05, 4.69) is 21.0 Å². The third-order valence-electron chi connectivity index (χ3n) is 2.47. The van der Waals surface area contributed by atoms with E-state index in [1.165, 1.54) is 4.68 Å². The van der Waals surface area contributed by atoms with Crippen LogP contribution in [0.5, 0.6) is 0 Å². The van der Waals surface area contributed by atoms with E-state index in [9.17, 15) is 9.59 Å². The Morgan fingerprint density at radius 1 is 1.28 bits per heavy atom. The molecule has 1 heterocycles. The smallest absolute Gasteiger partial charge is 0.190 e. The van der Waals surface area contributed by atoms with Gasteiger partial charge in [-0.25, -0.2) is 0 Å². The van der Waals surface area contributed by atoms with Crippen molar-refractivity contribution in [1.82, 2.24) is 9.78 Å². The highest BCUT2D eigenvalue weighted by atomic mass is 79.9. The summed E-state index contributed by atoms with van der Waals surface area (Å²) in [4.78, 5) is 23.7. The molecule has 5 heteroatoms. The Kier molecular flexibility index (Phi) is 3.72. The highest BCUT2D eigenvalue weighted by Crippen LogP contribution is 2.14. The molecule has 2 rings (SSSR count). The largest absolute Gasteiger partial charge is 0.294 e. The standard InChI is InChI=1S/C13H11BrN2O2/c1-16-6-5-11(15-16)13(18)8-12(17)9-3-2-4-10(14)7-9/h2-7H,8H2,1H3. The highest BCUT2D eigenvalue weighted by Gasteiger charge is 2.15. The van der Waals surface area contributed by atoms with E-state index in [-0.39, 0.29) is 18.0 Å². The SMILES string of the molecule is Cn1ccc(C(=O)CC(=O)c2cccc(Br)c2)n1. The first-order chi connectivity index (χ1) is 8.56. The van der Waals surface area contributed by atoms with Crippen LogP contribution in [0.1, 0.15) is 27.3 Å². The van der Waals surface area contributed by atoms with E-state index in [0.717, 1.165) is 4.47 Å². The average molecular weight is 307 g/mol. The molecule has 0 unspecified atom stereocenters. The van der Waals surface area contributed by atoms with E-state index >= 15 is 0 Å². The van der Waals surface area contributed by atoms with E-state index < -0.39 is 0 Å². The third-order valence-corrected chi connectivity index (χ3v) is 2.96. The van der Waals surface area contributed by atoms with Crippen molar-refractivity contribution in [2.24, 2.45) is 7.05 Å². The lowest BCUT2D eigenvalue weighted by Gasteiger charge is -2.00. The second kappa shape index (κ2) is 5.27. The minimum atomic E-state index is -0.263. The molecule has 0 aliphatic carbocycles. The van der Waals surface area contributed by atoms with Crippen LogP contribution in [0.3, 0.4) is 0 Å². The van der Waals surface area contributed by atoms with Crippen LogP contribution in [-0.2, 0) is 7.05 Å². The molecule has 0 aliphatic heterocycles. The van der Waals surface area contributed by atoms with Gasteiger partial charge in [-0.3, -0.25) is 14.3 Å². The van der Waals surface area contributed by atoms with Gasteiger partial charge in [0.05, 0.1) is 6.42 Å². The summed E-state index contributed by atoms with van der Waals surface area (Å²) in [6.45, 7) is 0. The van der Waals surface area contributed by atoms with Crippen molar-refractivity contribution in [3.05, 3.63) is 52.3 Å². The maximum absolute atomic E-state index is 11.9. The molecule has 18 heavy (non-hydrogen) atoms. The van der Waals surface area contributed by atoms with Gasteiger partial charge in [-0.1, -0.05) is 28.1 Å². The third kappa shape index (κ3) is 2.92. The number of halogens is 1. The van der Waals surface area contributed by atoms with Gasteiger partial charge >= 0.3 is 0 Å². The Morgan fingerprint density at radius 3 is 2.67 bits per heavy atom. The maximum atomic E-state index is 11.9. The van der Waals surface area contributed by atoms with Crippen LogP contribution in [-0.4, -0.2) is 21.3 Å². The fourth-order valence-electron chi connectivity index (χ4n) is 1.56. The summed E-state index contributed by atoms with van der Waals surface area (Å²) in [7, 11) is 1.73. The van der Waals surface area contributed by atoms with Crippen LogP contribution in [0.2, 0.25) is 0 Å². The van der Waals surface area contributed by atoms with Crippen molar-refractivity contribution < 1.29 is 9.59 Å². The van der Waals surface area contributed by atoms with Gasteiger partial charge < -0.3 is 0 Å². The van der Waals surface area contributed by atoms with Crippen molar-refractivity contribution in [2.75, 3.05) is 0 Å². The first kappa shape index (κ1) is 12.7. The summed E-state index contributed by atoms with van der Waals surface area (Å²) in [5.74, 6) is -0.465. The molecule has 0 fully saturated rings. The molecule has 0 radical (unpaired) electrons. The highest BCUT2D eigenvalue weighted by molar-refractivity contribution is 9.10. The molecule has 0 amide bonds. The Morgan fingerprint density at radius 2 is 2.06 bits per heavy atom. The number of nitrogens with zero attached hydrogens (tertiary/aromatic N) is 2. The topological polar surface area (TPSA) is 52.0 Å². The van der Waals surface area contributed by atoms with Gasteiger partial charge in [-0.2, -0.15) is 5.10 Å². The van der Waals surface area contributed by atoms with Crippen LogP contribution in [0.4, 0.5) is 0 Å². The number of benzene rings is 1. The molecule has 4 nitrogen and oxygen atoms in total. The zero-order valence-corrected chi connectivity index (χ0v) is 11.3. The van der Waals surface area contributed by atoms with Gasteiger partial charge in [0.15, 0.2) is 11.6 Å². The quantitative estimate of drug-likeness (QED) is 0.644. The average Bonchev–Trinajstić information content (AvgIpc) is 2.76. The molecule has 0 N–H and O–H groups in total. The lowest BCUT2D eigenvalue weighted by molar-refractivity contribution is 0.0891. The number of Topliss-reactive ketones (excluding diaryl/α,β-unsaturated/α-hetero) is 2. The van der Waals surface area contributed by atoms with Gasteiger partial charge in [0, 0.05) is 23.3 Å².